The molecule has 0 amide bonds. The van der Waals surface area contributed by atoms with E-state index in [1.165, 1.54) is 32.1 Å². The van der Waals surface area contributed by atoms with Gasteiger partial charge in [0.1, 0.15) is 0 Å². The van der Waals surface area contributed by atoms with Crippen molar-refractivity contribution < 1.29 is 0 Å². The van der Waals surface area contributed by atoms with Gasteiger partial charge in [-0.25, -0.2) is 0 Å². The molecule has 0 spiro atoms. The van der Waals surface area contributed by atoms with E-state index < -0.39 is 0 Å². The van der Waals surface area contributed by atoms with Gasteiger partial charge in [-0.15, -0.1) is 0 Å². The van der Waals surface area contributed by atoms with Gasteiger partial charge in [0.15, 0.2) is 0 Å². The van der Waals surface area contributed by atoms with E-state index in [1.807, 2.05) is 0 Å². The lowest BCUT2D eigenvalue weighted by molar-refractivity contribution is 0.265. The molecular formula is C10H21N. The number of nitrogens with two attached hydrogens (primary N) is 1. The van der Waals surface area contributed by atoms with Gasteiger partial charge in [0, 0.05) is 6.04 Å². The standard InChI is InChI=1S/C10H21N/c1-8(2)7-9-5-3-4-6-10(9)11/h8-10H,3-7,11H2,1-2H3/t9-,10+/m1/s1. The Morgan fingerprint density at radius 3 is 2.45 bits per heavy atom. The van der Waals surface area contributed by atoms with Crippen LogP contribution in [0.25, 0.3) is 0 Å². The first-order valence-corrected chi connectivity index (χ1v) is 4.95. The number of hydrogen-bond donors (Lipinski definition) is 1. The van der Waals surface area contributed by atoms with Crippen molar-refractivity contribution in [3.05, 3.63) is 0 Å². The number of hydrogen-bond acceptors (Lipinski definition) is 1. The zero-order chi connectivity index (χ0) is 8.27. The first kappa shape index (κ1) is 9.05. The Labute approximate surface area is 70.4 Å². The fourth-order valence-electron chi connectivity index (χ4n) is 2.13. The zero-order valence-electron chi connectivity index (χ0n) is 7.84. The van der Waals surface area contributed by atoms with E-state index in [4.69, 9.17) is 5.73 Å². The maximum atomic E-state index is 6.03. The molecule has 2 N–H and O–H groups in total. The van der Waals surface area contributed by atoms with Crippen LogP contribution in [-0.4, -0.2) is 6.04 Å². The van der Waals surface area contributed by atoms with Gasteiger partial charge < -0.3 is 5.73 Å². The highest BCUT2D eigenvalue weighted by Crippen LogP contribution is 2.27. The van der Waals surface area contributed by atoms with E-state index >= 15 is 0 Å². The highest BCUT2D eigenvalue weighted by atomic mass is 14.7. The maximum Gasteiger partial charge on any atom is 0.00672 e. The molecule has 0 aliphatic heterocycles. The largest absolute Gasteiger partial charge is 0.327 e. The van der Waals surface area contributed by atoms with Gasteiger partial charge in [0.2, 0.25) is 0 Å². The normalized spacial score (nSPS) is 32.7. The third-order valence-electron chi connectivity index (χ3n) is 2.74. The molecule has 11 heavy (non-hydrogen) atoms. The molecule has 0 unspecified atom stereocenters. The van der Waals surface area contributed by atoms with Crippen LogP contribution in [0.3, 0.4) is 0 Å². The monoisotopic (exact) mass is 155 g/mol. The molecule has 0 saturated heterocycles. The third-order valence-corrected chi connectivity index (χ3v) is 2.74. The minimum Gasteiger partial charge on any atom is -0.327 e. The third kappa shape index (κ3) is 2.82. The summed E-state index contributed by atoms with van der Waals surface area (Å²) in [4.78, 5) is 0. The molecule has 1 saturated carbocycles. The van der Waals surface area contributed by atoms with Crippen molar-refractivity contribution in [3.63, 3.8) is 0 Å². The van der Waals surface area contributed by atoms with E-state index in [2.05, 4.69) is 13.8 Å². The molecule has 0 aromatic carbocycles. The molecular weight excluding hydrogens is 134 g/mol. The summed E-state index contributed by atoms with van der Waals surface area (Å²) < 4.78 is 0. The summed E-state index contributed by atoms with van der Waals surface area (Å²) in [5, 5.41) is 0. The van der Waals surface area contributed by atoms with Crippen LogP contribution < -0.4 is 5.73 Å². The molecule has 1 aliphatic carbocycles. The minimum atomic E-state index is 0.506. The lowest BCUT2D eigenvalue weighted by Crippen LogP contribution is -2.33. The molecule has 1 aliphatic rings. The van der Waals surface area contributed by atoms with Gasteiger partial charge in [-0.1, -0.05) is 26.7 Å². The second-order valence-electron chi connectivity index (χ2n) is 4.34. The van der Waals surface area contributed by atoms with Crippen LogP contribution in [-0.2, 0) is 0 Å². The Morgan fingerprint density at radius 1 is 1.27 bits per heavy atom. The smallest absolute Gasteiger partial charge is 0.00672 e. The highest BCUT2D eigenvalue weighted by molar-refractivity contribution is 4.78. The van der Waals surface area contributed by atoms with Gasteiger partial charge in [-0.3, -0.25) is 0 Å². The number of rotatable bonds is 2. The topological polar surface area (TPSA) is 26.0 Å². The molecule has 1 rings (SSSR count). The Balaban J connectivity index is 2.29. The van der Waals surface area contributed by atoms with Crippen LogP contribution in [0.15, 0.2) is 0 Å². The Morgan fingerprint density at radius 2 is 1.91 bits per heavy atom. The van der Waals surface area contributed by atoms with Crippen LogP contribution in [0, 0.1) is 11.8 Å². The summed E-state index contributed by atoms with van der Waals surface area (Å²) in [5.41, 5.74) is 6.03. The van der Waals surface area contributed by atoms with E-state index in [9.17, 15) is 0 Å². The molecule has 0 radical (unpaired) electrons. The van der Waals surface area contributed by atoms with Crippen molar-refractivity contribution in [1.29, 1.82) is 0 Å². The Bertz CT molecular complexity index is 109. The van der Waals surface area contributed by atoms with Crippen LogP contribution in [0.5, 0.6) is 0 Å². The van der Waals surface area contributed by atoms with E-state index in [-0.39, 0.29) is 0 Å². The first-order chi connectivity index (χ1) is 5.20. The molecule has 2 atom stereocenters. The summed E-state index contributed by atoms with van der Waals surface area (Å²) >= 11 is 0. The van der Waals surface area contributed by atoms with Crippen molar-refractivity contribution in [1.82, 2.24) is 0 Å². The molecule has 1 heteroatoms. The molecule has 0 bridgehead atoms. The molecule has 66 valence electrons. The summed E-state index contributed by atoms with van der Waals surface area (Å²) in [6.45, 7) is 4.59. The van der Waals surface area contributed by atoms with Gasteiger partial charge in [-0.2, -0.15) is 0 Å². The van der Waals surface area contributed by atoms with Crippen molar-refractivity contribution in [3.8, 4) is 0 Å². The van der Waals surface area contributed by atoms with Crippen molar-refractivity contribution in [2.45, 2.75) is 52.0 Å². The second kappa shape index (κ2) is 4.10. The predicted molar refractivity (Wildman–Crippen MR) is 49.4 cm³/mol. The SMILES string of the molecule is CC(C)C[C@H]1CCCC[C@@H]1N. The van der Waals surface area contributed by atoms with Gasteiger partial charge >= 0.3 is 0 Å². The second-order valence-corrected chi connectivity index (χ2v) is 4.34. The van der Waals surface area contributed by atoms with Crippen LogP contribution in [0.2, 0.25) is 0 Å². The molecule has 0 aromatic rings. The predicted octanol–water partition coefficient (Wildman–Crippen LogP) is 2.55. The Hall–Kier alpha value is -0.0400. The lowest BCUT2D eigenvalue weighted by Gasteiger charge is -2.29. The average Bonchev–Trinajstić information content (AvgIpc) is 1.93. The zero-order valence-corrected chi connectivity index (χ0v) is 7.84. The van der Waals surface area contributed by atoms with Gasteiger partial charge in [0.05, 0.1) is 0 Å². The van der Waals surface area contributed by atoms with E-state index in [0.717, 1.165) is 11.8 Å². The van der Waals surface area contributed by atoms with E-state index in [1.54, 1.807) is 0 Å². The summed E-state index contributed by atoms with van der Waals surface area (Å²) in [5.74, 6) is 1.65. The van der Waals surface area contributed by atoms with Gasteiger partial charge in [-0.05, 0) is 31.1 Å². The van der Waals surface area contributed by atoms with Crippen molar-refractivity contribution in [2.75, 3.05) is 0 Å². The average molecular weight is 155 g/mol. The van der Waals surface area contributed by atoms with Crippen LogP contribution >= 0.6 is 0 Å². The molecule has 1 fully saturated rings. The summed E-state index contributed by atoms with van der Waals surface area (Å²) in [6.07, 6.45) is 6.73. The quantitative estimate of drug-likeness (QED) is 0.651. The van der Waals surface area contributed by atoms with Crippen molar-refractivity contribution >= 4 is 0 Å². The van der Waals surface area contributed by atoms with Gasteiger partial charge in [0.25, 0.3) is 0 Å². The lowest BCUT2D eigenvalue weighted by atomic mass is 9.80. The summed E-state index contributed by atoms with van der Waals surface area (Å²) in [6, 6.07) is 0.506. The fraction of sp³-hybridized carbons (Fsp3) is 1.00. The summed E-state index contributed by atoms with van der Waals surface area (Å²) in [7, 11) is 0. The van der Waals surface area contributed by atoms with Crippen molar-refractivity contribution in [2.24, 2.45) is 17.6 Å². The van der Waals surface area contributed by atoms with Crippen LogP contribution in [0.4, 0.5) is 0 Å². The Kier molecular flexibility index (Phi) is 3.38. The highest BCUT2D eigenvalue weighted by Gasteiger charge is 2.21. The fourth-order valence-corrected chi connectivity index (χ4v) is 2.13. The van der Waals surface area contributed by atoms with Crippen LogP contribution in [0.1, 0.15) is 46.0 Å². The minimum absolute atomic E-state index is 0.506. The maximum absolute atomic E-state index is 6.03. The first-order valence-electron chi connectivity index (χ1n) is 4.95. The molecule has 0 aromatic heterocycles. The van der Waals surface area contributed by atoms with E-state index in [0.29, 0.717) is 6.04 Å². The molecule has 0 heterocycles. The molecule has 1 nitrogen and oxygen atoms in total.